The van der Waals surface area contributed by atoms with Crippen LogP contribution in [0.25, 0.3) is 10.9 Å². The Morgan fingerprint density at radius 1 is 0.955 bits per heavy atom. The van der Waals surface area contributed by atoms with Gasteiger partial charge in [-0.1, -0.05) is 24.3 Å². The lowest BCUT2D eigenvalue weighted by Gasteiger charge is -2.31. The number of nitrogen functional groups attached to an aromatic ring is 2. The number of hydrogen-bond donors (Lipinski definition) is 2. The summed E-state index contributed by atoms with van der Waals surface area (Å²) in [7, 11) is 0. The molecule has 1 aliphatic rings. The third kappa shape index (κ3) is 2.11. The molecule has 4 N–H and O–H groups in total. The molecular weight excluding hydrogens is 274 g/mol. The van der Waals surface area contributed by atoms with Crippen LogP contribution in [-0.2, 0) is 13.0 Å². The van der Waals surface area contributed by atoms with Gasteiger partial charge >= 0.3 is 0 Å². The zero-order chi connectivity index (χ0) is 15.1. The van der Waals surface area contributed by atoms with Gasteiger partial charge in [-0.2, -0.15) is 4.98 Å². The van der Waals surface area contributed by atoms with Gasteiger partial charge in [0.15, 0.2) is 0 Å². The highest BCUT2D eigenvalue weighted by molar-refractivity contribution is 5.91. The van der Waals surface area contributed by atoms with Crippen LogP contribution >= 0.6 is 0 Å². The molecule has 1 aromatic heterocycles. The summed E-state index contributed by atoms with van der Waals surface area (Å²) in [5.41, 5.74) is 16.4. The van der Waals surface area contributed by atoms with E-state index in [1.807, 2.05) is 6.07 Å². The van der Waals surface area contributed by atoms with Gasteiger partial charge in [0.25, 0.3) is 0 Å². The molecule has 22 heavy (non-hydrogen) atoms. The second kappa shape index (κ2) is 4.87. The van der Waals surface area contributed by atoms with E-state index in [9.17, 15) is 0 Å². The fraction of sp³-hybridized carbons (Fsp3) is 0.176. The van der Waals surface area contributed by atoms with Crippen LogP contribution in [0.2, 0.25) is 0 Å². The molecule has 0 amide bonds. The SMILES string of the molecule is Nc1nc(N)c2cc(N3CCc4ccccc4C3)ccc2n1. The molecule has 1 aliphatic heterocycles. The van der Waals surface area contributed by atoms with E-state index in [1.54, 1.807) is 0 Å². The average Bonchev–Trinajstić information content (AvgIpc) is 2.54. The quantitative estimate of drug-likeness (QED) is 0.719. The fourth-order valence-corrected chi connectivity index (χ4v) is 3.07. The number of aromatic nitrogens is 2. The van der Waals surface area contributed by atoms with E-state index in [-0.39, 0.29) is 5.95 Å². The zero-order valence-electron chi connectivity index (χ0n) is 12.2. The maximum atomic E-state index is 5.98. The Labute approximate surface area is 128 Å². The molecule has 0 bridgehead atoms. The number of benzene rings is 2. The fourth-order valence-electron chi connectivity index (χ4n) is 3.07. The van der Waals surface area contributed by atoms with Crippen molar-refractivity contribution < 1.29 is 0 Å². The summed E-state index contributed by atoms with van der Waals surface area (Å²) in [6, 6.07) is 14.7. The topological polar surface area (TPSA) is 81.1 Å². The molecule has 0 fully saturated rings. The van der Waals surface area contributed by atoms with E-state index in [2.05, 4.69) is 51.3 Å². The minimum absolute atomic E-state index is 0.213. The standard InChI is InChI=1S/C17H17N5/c18-16-14-9-13(5-6-15(14)20-17(19)21-16)22-8-7-11-3-1-2-4-12(11)10-22/h1-6,9H,7-8,10H2,(H4,18,19,20,21). The van der Waals surface area contributed by atoms with Crippen LogP contribution in [0, 0.1) is 0 Å². The van der Waals surface area contributed by atoms with Crippen molar-refractivity contribution in [3.05, 3.63) is 53.6 Å². The number of hydrogen-bond acceptors (Lipinski definition) is 5. The molecule has 0 spiro atoms. The lowest BCUT2D eigenvalue weighted by Crippen LogP contribution is -2.30. The van der Waals surface area contributed by atoms with Gasteiger partial charge in [-0.05, 0) is 35.7 Å². The Kier molecular flexibility index (Phi) is 2.85. The van der Waals surface area contributed by atoms with Crippen LogP contribution in [-0.4, -0.2) is 16.5 Å². The number of anilines is 3. The van der Waals surface area contributed by atoms with Crippen LogP contribution in [0.4, 0.5) is 17.5 Å². The molecule has 3 aromatic rings. The van der Waals surface area contributed by atoms with Gasteiger partial charge in [0.05, 0.1) is 5.52 Å². The zero-order valence-corrected chi connectivity index (χ0v) is 12.2. The van der Waals surface area contributed by atoms with Crippen molar-refractivity contribution in [3.8, 4) is 0 Å². The van der Waals surface area contributed by atoms with Crippen LogP contribution in [0.3, 0.4) is 0 Å². The van der Waals surface area contributed by atoms with Gasteiger partial charge in [-0.3, -0.25) is 0 Å². The van der Waals surface area contributed by atoms with Crippen molar-refractivity contribution in [2.24, 2.45) is 0 Å². The predicted molar refractivity (Wildman–Crippen MR) is 89.6 cm³/mol. The van der Waals surface area contributed by atoms with Crippen LogP contribution in [0.1, 0.15) is 11.1 Å². The molecule has 0 unspecified atom stereocenters. The largest absolute Gasteiger partial charge is 0.383 e. The van der Waals surface area contributed by atoms with Gasteiger partial charge in [0, 0.05) is 24.2 Å². The summed E-state index contributed by atoms with van der Waals surface area (Å²) >= 11 is 0. The van der Waals surface area contributed by atoms with Gasteiger partial charge in [0.2, 0.25) is 5.95 Å². The molecule has 0 radical (unpaired) electrons. The summed E-state index contributed by atoms with van der Waals surface area (Å²) in [5, 5.41) is 0.852. The first kappa shape index (κ1) is 12.9. The third-order valence-corrected chi connectivity index (χ3v) is 4.22. The van der Waals surface area contributed by atoms with E-state index < -0.39 is 0 Å². The highest BCUT2D eigenvalue weighted by Gasteiger charge is 2.17. The van der Waals surface area contributed by atoms with Gasteiger partial charge in [-0.15, -0.1) is 0 Å². The van der Waals surface area contributed by atoms with Gasteiger partial charge in [0.1, 0.15) is 5.82 Å². The van der Waals surface area contributed by atoms with E-state index in [1.165, 1.54) is 11.1 Å². The average molecular weight is 291 g/mol. The first-order valence-electron chi connectivity index (χ1n) is 7.35. The van der Waals surface area contributed by atoms with E-state index in [0.717, 1.165) is 36.1 Å². The summed E-state index contributed by atoms with van der Waals surface area (Å²) in [6.45, 7) is 1.91. The smallest absolute Gasteiger partial charge is 0.222 e. The van der Waals surface area contributed by atoms with Crippen molar-refractivity contribution in [1.29, 1.82) is 0 Å². The highest BCUT2D eigenvalue weighted by atomic mass is 15.1. The normalized spacial score (nSPS) is 14.1. The van der Waals surface area contributed by atoms with E-state index >= 15 is 0 Å². The molecule has 0 saturated heterocycles. The van der Waals surface area contributed by atoms with Crippen LogP contribution in [0.5, 0.6) is 0 Å². The van der Waals surface area contributed by atoms with Crippen molar-refractivity contribution in [2.45, 2.75) is 13.0 Å². The van der Waals surface area contributed by atoms with Crippen molar-refractivity contribution in [3.63, 3.8) is 0 Å². The summed E-state index contributed by atoms with van der Waals surface area (Å²) in [5.74, 6) is 0.645. The lowest BCUT2D eigenvalue weighted by atomic mass is 9.99. The minimum atomic E-state index is 0.213. The summed E-state index contributed by atoms with van der Waals surface area (Å²) in [6.07, 6.45) is 1.06. The Hall–Kier alpha value is -2.82. The van der Waals surface area contributed by atoms with Crippen molar-refractivity contribution >= 4 is 28.4 Å². The van der Waals surface area contributed by atoms with Gasteiger partial charge in [-0.25, -0.2) is 4.98 Å². The second-order valence-corrected chi connectivity index (χ2v) is 5.61. The minimum Gasteiger partial charge on any atom is -0.383 e. The van der Waals surface area contributed by atoms with E-state index in [0.29, 0.717) is 5.82 Å². The van der Waals surface area contributed by atoms with Crippen LogP contribution in [0.15, 0.2) is 42.5 Å². The Morgan fingerprint density at radius 2 is 1.77 bits per heavy atom. The summed E-state index contributed by atoms with van der Waals surface area (Å²) in [4.78, 5) is 10.6. The second-order valence-electron chi connectivity index (χ2n) is 5.61. The van der Waals surface area contributed by atoms with Gasteiger partial charge < -0.3 is 16.4 Å². The molecule has 2 aromatic carbocycles. The van der Waals surface area contributed by atoms with E-state index in [4.69, 9.17) is 11.5 Å². The molecule has 0 saturated carbocycles. The molecule has 5 nitrogen and oxygen atoms in total. The van der Waals surface area contributed by atoms with Crippen molar-refractivity contribution in [2.75, 3.05) is 22.9 Å². The maximum Gasteiger partial charge on any atom is 0.222 e. The maximum absolute atomic E-state index is 5.98. The number of rotatable bonds is 1. The molecule has 5 heteroatoms. The number of nitrogens with two attached hydrogens (primary N) is 2. The lowest BCUT2D eigenvalue weighted by molar-refractivity contribution is 0.732. The molecule has 0 aliphatic carbocycles. The first-order chi connectivity index (χ1) is 10.7. The predicted octanol–water partition coefficient (Wildman–Crippen LogP) is 2.36. The highest BCUT2D eigenvalue weighted by Crippen LogP contribution is 2.28. The first-order valence-corrected chi connectivity index (χ1v) is 7.35. The molecular formula is C17H17N5. The molecule has 2 heterocycles. The Morgan fingerprint density at radius 3 is 2.64 bits per heavy atom. The molecule has 4 rings (SSSR count). The molecule has 0 atom stereocenters. The summed E-state index contributed by atoms with van der Waals surface area (Å²) < 4.78 is 0. The number of fused-ring (bicyclic) bond motifs is 2. The van der Waals surface area contributed by atoms with Crippen LogP contribution < -0.4 is 16.4 Å². The van der Waals surface area contributed by atoms with Crippen molar-refractivity contribution in [1.82, 2.24) is 9.97 Å². The third-order valence-electron chi connectivity index (χ3n) is 4.22. The number of nitrogens with zero attached hydrogens (tertiary/aromatic N) is 3. The monoisotopic (exact) mass is 291 g/mol. The Bertz CT molecular complexity index is 859. The molecule has 110 valence electrons. The Balaban J connectivity index is 1.73.